The lowest BCUT2D eigenvalue weighted by Crippen LogP contribution is -2.14. The molecule has 10 heteroatoms. The Labute approximate surface area is 163 Å². The minimum atomic E-state index is -0.303. The molecule has 8 nitrogen and oxygen atoms in total. The summed E-state index contributed by atoms with van der Waals surface area (Å²) in [5.74, 6) is 0.230. The van der Waals surface area contributed by atoms with E-state index in [2.05, 4.69) is 25.5 Å². The van der Waals surface area contributed by atoms with E-state index in [1.54, 1.807) is 31.5 Å². The van der Waals surface area contributed by atoms with Crippen LogP contribution in [-0.2, 0) is 4.79 Å². The number of nitrogens with one attached hydrogen (secondary N) is 2. The number of nitriles is 1. The third kappa shape index (κ3) is 4.21. The maximum atomic E-state index is 12.2. The molecule has 3 rings (SSSR count). The summed E-state index contributed by atoms with van der Waals surface area (Å²) in [6.45, 7) is 3.13. The van der Waals surface area contributed by atoms with Crippen LogP contribution in [-0.4, -0.2) is 37.6 Å². The van der Waals surface area contributed by atoms with E-state index in [-0.39, 0.29) is 17.4 Å². The van der Waals surface area contributed by atoms with Crippen LogP contribution >= 0.6 is 23.1 Å². The summed E-state index contributed by atoms with van der Waals surface area (Å²) in [6.07, 6.45) is 3.31. The van der Waals surface area contributed by atoms with Gasteiger partial charge in [-0.2, -0.15) is 5.26 Å². The van der Waals surface area contributed by atoms with Crippen molar-refractivity contribution in [3.05, 3.63) is 40.5 Å². The van der Waals surface area contributed by atoms with Crippen molar-refractivity contribution in [2.75, 3.05) is 11.1 Å². The molecule has 27 heavy (non-hydrogen) atoms. The molecule has 1 amide bonds. The number of thioether (sulfide) groups is 1. The first-order valence-corrected chi connectivity index (χ1v) is 9.59. The van der Waals surface area contributed by atoms with Crippen molar-refractivity contribution in [1.82, 2.24) is 20.2 Å². The molecule has 3 aromatic rings. The average Bonchev–Trinajstić information content (AvgIpc) is 3.25. The zero-order valence-electron chi connectivity index (χ0n) is 14.4. The fourth-order valence-electron chi connectivity index (χ4n) is 2.31. The fraction of sp³-hybridized carbons (Fsp3) is 0.176. The number of anilines is 1. The van der Waals surface area contributed by atoms with Crippen LogP contribution < -0.4 is 5.32 Å². The predicted molar refractivity (Wildman–Crippen MR) is 103 cm³/mol. The van der Waals surface area contributed by atoms with Gasteiger partial charge in [0.2, 0.25) is 11.1 Å². The number of aromatic amines is 1. The van der Waals surface area contributed by atoms with Gasteiger partial charge in [0.25, 0.3) is 0 Å². The summed E-state index contributed by atoms with van der Waals surface area (Å²) in [5.41, 5.74) is 1.76. The molecular formula is C17H14N6O2S2. The molecule has 0 atom stereocenters. The molecule has 0 bridgehead atoms. The quantitative estimate of drug-likeness (QED) is 0.483. The second-order valence-corrected chi connectivity index (χ2v) is 7.43. The van der Waals surface area contributed by atoms with E-state index in [1.807, 2.05) is 6.07 Å². The number of thiophene rings is 1. The fourth-order valence-corrected chi connectivity index (χ4v) is 3.98. The second kappa shape index (κ2) is 8.11. The first-order valence-electron chi connectivity index (χ1n) is 7.79. The Hall–Kier alpha value is -3.03. The van der Waals surface area contributed by atoms with Crippen molar-refractivity contribution in [3.8, 4) is 17.5 Å². The van der Waals surface area contributed by atoms with Crippen LogP contribution in [0.1, 0.15) is 27.7 Å². The minimum Gasteiger partial charge on any atom is -0.316 e. The number of carbonyl (C=O) groups excluding carboxylic acids is 2. The summed E-state index contributed by atoms with van der Waals surface area (Å²) in [6, 6.07) is 5.65. The van der Waals surface area contributed by atoms with Gasteiger partial charge in [0.1, 0.15) is 11.1 Å². The zero-order valence-corrected chi connectivity index (χ0v) is 16.1. The molecule has 0 aliphatic rings. The highest BCUT2D eigenvalue weighted by atomic mass is 32.2. The number of ketones is 1. The normalized spacial score (nSPS) is 10.4. The summed E-state index contributed by atoms with van der Waals surface area (Å²) in [7, 11) is 0. The van der Waals surface area contributed by atoms with Crippen molar-refractivity contribution in [2.45, 2.75) is 19.0 Å². The van der Waals surface area contributed by atoms with Crippen LogP contribution in [0.25, 0.3) is 11.4 Å². The van der Waals surface area contributed by atoms with Crippen molar-refractivity contribution in [1.29, 1.82) is 5.26 Å². The number of hydrogen-bond donors (Lipinski definition) is 2. The van der Waals surface area contributed by atoms with Crippen molar-refractivity contribution in [3.63, 3.8) is 0 Å². The number of aromatic nitrogens is 4. The minimum absolute atomic E-state index is 0.0743. The molecule has 0 radical (unpaired) electrons. The van der Waals surface area contributed by atoms with Crippen LogP contribution in [0, 0.1) is 18.3 Å². The molecule has 3 heterocycles. The Morgan fingerprint density at radius 1 is 1.37 bits per heavy atom. The topological polar surface area (TPSA) is 124 Å². The van der Waals surface area contributed by atoms with Gasteiger partial charge in [-0.1, -0.05) is 11.8 Å². The molecule has 0 saturated carbocycles. The van der Waals surface area contributed by atoms with E-state index < -0.39 is 0 Å². The van der Waals surface area contributed by atoms with Crippen LogP contribution in [0.15, 0.2) is 29.7 Å². The Morgan fingerprint density at radius 3 is 2.78 bits per heavy atom. The Balaban J connectivity index is 1.64. The number of amides is 1. The lowest BCUT2D eigenvalue weighted by atomic mass is 10.1. The largest absolute Gasteiger partial charge is 0.316 e. The van der Waals surface area contributed by atoms with Crippen LogP contribution in [0.5, 0.6) is 0 Å². The number of H-pyrrole nitrogens is 1. The molecule has 0 aliphatic heterocycles. The highest BCUT2D eigenvalue weighted by Gasteiger charge is 2.19. The summed E-state index contributed by atoms with van der Waals surface area (Å²) >= 11 is 2.28. The molecule has 2 N–H and O–H groups in total. The van der Waals surface area contributed by atoms with E-state index in [0.717, 1.165) is 16.9 Å². The molecule has 0 aliphatic carbocycles. The van der Waals surface area contributed by atoms with Gasteiger partial charge >= 0.3 is 0 Å². The smallest absolute Gasteiger partial charge is 0.235 e. The lowest BCUT2D eigenvalue weighted by molar-refractivity contribution is -0.113. The zero-order chi connectivity index (χ0) is 19.4. The second-order valence-electron chi connectivity index (χ2n) is 5.47. The number of carbonyl (C=O) groups is 2. The van der Waals surface area contributed by atoms with Gasteiger partial charge in [0.15, 0.2) is 11.6 Å². The van der Waals surface area contributed by atoms with Crippen molar-refractivity contribution >= 4 is 39.8 Å². The predicted octanol–water partition coefficient (Wildman–Crippen LogP) is 3.04. The maximum absolute atomic E-state index is 12.2. The summed E-state index contributed by atoms with van der Waals surface area (Å²) < 4.78 is 0. The van der Waals surface area contributed by atoms with Gasteiger partial charge in [-0.05, 0) is 31.5 Å². The van der Waals surface area contributed by atoms with Gasteiger partial charge in [0.05, 0.1) is 16.2 Å². The SMILES string of the molecule is CC(=O)c1sc(NC(=O)CSc2n[nH]c(-c3ccncc3)n2)c(C#N)c1C. The Morgan fingerprint density at radius 2 is 2.11 bits per heavy atom. The molecule has 0 spiro atoms. The van der Waals surface area contributed by atoms with Crippen LogP contribution in [0.2, 0.25) is 0 Å². The summed E-state index contributed by atoms with van der Waals surface area (Å²) in [4.78, 5) is 32.6. The lowest BCUT2D eigenvalue weighted by Gasteiger charge is -2.01. The first kappa shape index (κ1) is 18.8. The van der Waals surface area contributed by atoms with Gasteiger partial charge in [0, 0.05) is 18.0 Å². The molecule has 0 saturated heterocycles. The van der Waals surface area contributed by atoms with E-state index in [1.165, 1.54) is 18.7 Å². The molecule has 0 aromatic carbocycles. The summed E-state index contributed by atoms with van der Waals surface area (Å²) in [5, 5.41) is 19.7. The van der Waals surface area contributed by atoms with E-state index >= 15 is 0 Å². The monoisotopic (exact) mass is 398 g/mol. The van der Waals surface area contributed by atoms with Crippen molar-refractivity contribution < 1.29 is 9.59 Å². The molecule has 3 aromatic heterocycles. The average molecular weight is 398 g/mol. The molecular weight excluding hydrogens is 384 g/mol. The molecule has 0 unspecified atom stereocenters. The Bertz CT molecular complexity index is 1040. The first-order chi connectivity index (χ1) is 13.0. The van der Waals surface area contributed by atoms with Gasteiger partial charge < -0.3 is 5.32 Å². The number of pyridine rings is 1. The number of hydrogen-bond acceptors (Lipinski definition) is 8. The number of nitrogens with zero attached hydrogens (tertiary/aromatic N) is 4. The standard InChI is InChI=1S/C17H14N6O2S2/c1-9-12(7-18)16(27-14(9)10(2)24)20-13(25)8-26-17-21-15(22-23-17)11-3-5-19-6-4-11/h3-6H,8H2,1-2H3,(H,20,25)(H,21,22,23). The van der Waals surface area contributed by atoms with Crippen LogP contribution in [0.4, 0.5) is 5.00 Å². The highest BCUT2D eigenvalue weighted by Crippen LogP contribution is 2.33. The van der Waals surface area contributed by atoms with E-state index in [0.29, 0.717) is 32.0 Å². The molecule has 136 valence electrons. The highest BCUT2D eigenvalue weighted by molar-refractivity contribution is 7.99. The third-order valence-corrected chi connectivity index (χ3v) is 5.74. The maximum Gasteiger partial charge on any atom is 0.235 e. The third-order valence-electron chi connectivity index (χ3n) is 3.58. The number of Topliss-reactive ketones (excluding diaryl/α,β-unsaturated/α-hetero) is 1. The van der Waals surface area contributed by atoms with Crippen molar-refractivity contribution in [2.24, 2.45) is 0 Å². The molecule has 0 fully saturated rings. The number of rotatable bonds is 6. The Kier molecular flexibility index (Phi) is 5.63. The van der Waals surface area contributed by atoms with E-state index in [4.69, 9.17) is 0 Å². The van der Waals surface area contributed by atoms with Gasteiger partial charge in [-0.25, -0.2) is 4.98 Å². The van der Waals surface area contributed by atoms with Crippen LogP contribution in [0.3, 0.4) is 0 Å². The van der Waals surface area contributed by atoms with Gasteiger partial charge in [-0.15, -0.1) is 16.4 Å². The van der Waals surface area contributed by atoms with E-state index in [9.17, 15) is 14.9 Å². The van der Waals surface area contributed by atoms with Gasteiger partial charge in [-0.3, -0.25) is 19.7 Å².